The average molecular weight is 320 g/mol. The van der Waals surface area contributed by atoms with E-state index >= 15 is 0 Å². The molecule has 0 amide bonds. The SMILES string of the molecule is CS(=O)(=O)NCc1cc(-c2ccncc2)n(C2CCCC2)n1. The molecule has 3 rings (SSSR count). The molecule has 1 aliphatic carbocycles. The summed E-state index contributed by atoms with van der Waals surface area (Å²) in [6.07, 6.45) is 9.36. The van der Waals surface area contributed by atoms with Gasteiger partial charge in [-0.2, -0.15) is 5.10 Å². The molecule has 0 saturated heterocycles. The van der Waals surface area contributed by atoms with Crippen molar-refractivity contribution in [2.75, 3.05) is 6.26 Å². The van der Waals surface area contributed by atoms with Crippen LogP contribution in [0.5, 0.6) is 0 Å². The molecule has 0 spiro atoms. The van der Waals surface area contributed by atoms with Crippen molar-refractivity contribution in [3.05, 3.63) is 36.3 Å². The maximum Gasteiger partial charge on any atom is 0.209 e. The Labute approximate surface area is 130 Å². The first-order chi connectivity index (χ1) is 10.5. The summed E-state index contributed by atoms with van der Waals surface area (Å²) in [6, 6.07) is 6.27. The van der Waals surface area contributed by atoms with E-state index in [9.17, 15) is 8.42 Å². The molecule has 6 nitrogen and oxygen atoms in total. The second-order valence-electron chi connectivity index (χ2n) is 5.73. The first kappa shape index (κ1) is 15.2. The van der Waals surface area contributed by atoms with Crippen molar-refractivity contribution < 1.29 is 8.42 Å². The lowest BCUT2D eigenvalue weighted by Gasteiger charge is -2.14. The van der Waals surface area contributed by atoms with Crippen molar-refractivity contribution in [3.63, 3.8) is 0 Å². The Kier molecular flexibility index (Phi) is 4.26. The van der Waals surface area contributed by atoms with Gasteiger partial charge in [0.1, 0.15) is 0 Å². The van der Waals surface area contributed by atoms with Gasteiger partial charge in [-0.25, -0.2) is 13.1 Å². The largest absolute Gasteiger partial charge is 0.265 e. The molecule has 0 bridgehead atoms. The van der Waals surface area contributed by atoms with E-state index in [-0.39, 0.29) is 6.54 Å². The molecule has 22 heavy (non-hydrogen) atoms. The standard InChI is InChI=1S/C15H20N4O2S/c1-22(20,21)17-11-13-10-15(12-6-8-16-9-7-12)19(18-13)14-4-2-3-5-14/h6-10,14,17H,2-5,11H2,1H3. The van der Waals surface area contributed by atoms with Crippen molar-refractivity contribution in [1.29, 1.82) is 0 Å². The smallest absolute Gasteiger partial charge is 0.209 e. The highest BCUT2D eigenvalue weighted by Gasteiger charge is 2.22. The molecule has 1 aliphatic rings. The van der Waals surface area contributed by atoms with Crippen LogP contribution in [-0.4, -0.2) is 29.4 Å². The molecule has 0 unspecified atom stereocenters. The summed E-state index contributed by atoms with van der Waals surface area (Å²) in [5, 5.41) is 4.64. The van der Waals surface area contributed by atoms with Gasteiger partial charge in [0.25, 0.3) is 0 Å². The van der Waals surface area contributed by atoms with Crippen LogP contribution in [0, 0.1) is 0 Å². The van der Waals surface area contributed by atoms with Gasteiger partial charge in [-0.1, -0.05) is 12.8 Å². The number of sulfonamides is 1. The van der Waals surface area contributed by atoms with E-state index in [1.54, 1.807) is 12.4 Å². The van der Waals surface area contributed by atoms with E-state index in [0.29, 0.717) is 6.04 Å². The third kappa shape index (κ3) is 3.53. The Hall–Kier alpha value is -1.73. The van der Waals surface area contributed by atoms with Gasteiger partial charge in [0.15, 0.2) is 0 Å². The molecular formula is C15H20N4O2S. The minimum absolute atomic E-state index is 0.219. The van der Waals surface area contributed by atoms with Crippen LogP contribution in [0.1, 0.15) is 37.4 Å². The molecule has 1 fully saturated rings. The number of pyridine rings is 1. The maximum atomic E-state index is 11.3. The van der Waals surface area contributed by atoms with Gasteiger partial charge in [-0.05, 0) is 31.0 Å². The number of nitrogens with zero attached hydrogens (tertiary/aromatic N) is 3. The van der Waals surface area contributed by atoms with E-state index < -0.39 is 10.0 Å². The maximum absolute atomic E-state index is 11.3. The molecule has 2 aromatic rings. The van der Waals surface area contributed by atoms with Gasteiger partial charge in [0.05, 0.1) is 30.2 Å². The minimum atomic E-state index is -3.22. The molecule has 0 atom stereocenters. The van der Waals surface area contributed by atoms with Crippen LogP contribution < -0.4 is 4.72 Å². The van der Waals surface area contributed by atoms with Crippen LogP contribution in [0.25, 0.3) is 11.3 Å². The third-order valence-corrected chi connectivity index (χ3v) is 4.62. The molecule has 1 saturated carbocycles. The summed E-state index contributed by atoms with van der Waals surface area (Å²) in [5.74, 6) is 0. The summed E-state index contributed by atoms with van der Waals surface area (Å²) in [7, 11) is -3.22. The Morgan fingerprint density at radius 2 is 1.95 bits per heavy atom. The molecule has 0 radical (unpaired) electrons. The van der Waals surface area contributed by atoms with Gasteiger partial charge in [0, 0.05) is 18.0 Å². The van der Waals surface area contributed by atoms with E-state index in [1.165, 1.54) is 12.8 Å². The van der Waals surface area contributed by atoms with E-state index in [2.05, 4.69) is 19.5 Å². The summed E-state index contributed by atoms with van der Waals surface area (Å²) in [4.78, 5) is 4.05. The molecule has 1 N–H and O–H groups in total. The predicted molar refractivity (Wildman–Crippen MR) is 84.6 cm³/mol. The predicted octanol–water partition coefficient (Wildman–Crippen LogP) is 2.11. The van der Waals surface area contributed by atoms with Crippen LogP contribution in [0.3, 0.4) is 0 Å². The summed E-state index contributed by atoms with van der Waals surface area (Å²) in [6.45, 7) is 0.219. The van der Waals surface area contributed by atoms with Gasteiger partial charge in [0.2, 0.25) is 10.0 Å². The fourth-order valence-electron chi connectivity index (χ4n) is 2.90. The highest BCUT2D eigenvalue weighted by Crippen LogP contribution is 2.33. The lowest BCUT2D eigenvalue weighted by molar-refractivity contribution is 0.467. The number of hydrogen-bond acceptors (Lipinski definition) is 4. The zero-order valence-corrected chi connectivity index (χ0v) is 13.4. The van der Waals surface area contributed by atoms with Crippen LogP contribution in [0.4, 0.5) is 0 Å². The summed E-state index contributed by atoms with van der Waals surface area (Å²) >= 11 is 0. The normalized spacial score (nSPS) is 16.2. The quantitative estimate of drug-likeness (QED) is 0.915. The monoisotopic (exact) mass is 320 g/mol. The summed E-state index contributed by atoms with van der Waals surface area (Å²) < 4.78 is 27.1. The molecule has 7 heteroatoms. The van der Waals surface area contributed by atoms with Crippen molar-refractivity contribution >= 4 is 10.0 Å². The summed E-state index contributed by atoms with van der Waals surface area (Å²) in [5.41, 5.74) is 2.82. The molecule has 0 aliphatic heterocycles. The van der Waals surface area contributed by atoms with Crippen molar-refractivity contribution in [2.45, 2.75) is 38.3 Å². The van der Waals surface area contributed by atoms with E-state index in [4.69, 9.17) is 0 Å². The zero-order valence-electron chi connectivity index (χ0n) is 12.6. The minimum Gasteiger partial charge on any atom is -0.265 e. The number of rotatable bonds is 5. The van der Waals surface area contributed by atoms with Crippen LogP contribution in [-0.2, 0) is 16.6 Å². The topological polar surface area (TPSA) is 76.9 Å². The molecule has 118 valence electrons. The Balaban J connectivity index is 1.93. The molecule has 0 aromatic carbocycles. The number of nitrogens with one attached hydrogen (secondary N) is 1. The fourth-order valence-corrected chi connectivity index (χ4v) is 3.31. The Morgan fingerprint density at radius 3 is 2.59 bits per heavy atom. The molecular weight excluding hydrogens is 300 g/mol. The highest BCUT2D eigenvalue weighted by atomic mass is 32.2. The van der Waals surface area contributed by atoms with Crippen molar-refractivity contribution in [2.24, 2.45) is 0 Å². The molecule has 2 heterocycles. The Morgan fingerprint density at radius 1 is 1.27 bits per heavy atom. The second-order valence-corrected chi connectivity index (χ2v) is 7.57. The Bertz CT molecular complexity index is 734. The van der Waals surface area contributed by atoms with Crippen LogP contribution in [0.15, 0.2) is 30.6 Å². The van der Waals surface area contributed by atoms with Crippen LogP contribution >= 0.6 is 0 Å². The first-order valence-electron chi connectivity index (χ1n) is 7.46. The van der Waals surface area contributed by atoms with Gasteiger partial charge >= 0.3 is 0 Å². The fraction of sp³-hybridized carbons (Fsp3) is 0.467. The third-order valence-electron chi connectivity index (χ3n) is 3.95. The van der Waals surface area contributed by atoms with E-state index in [1.807, 2.05) is 18.2 Å². The van der Waals surface area contributed by atoms with E-state index in [0.717, 1.165) is 36.0 Å². The van der Waals surface area contributed by atoms with Gasteiger partial charge < -0.3 is 0 Å². The second kappa shape index (κ2) is 6.18. The first-order valence-corrected chi connectivity index (χ1v) is 9.35. The lowest BCUT2D eigenvalue weighted by Crippen LogP contribution is -2.21. The van der Waals surface area contributed by atoms with Gasteiger partial charge in [-0.15, -0.1) is 0 Å². The highest BCUT2D eigenvalue weighted by molar-refractivity contribution is 7.88. The number of hydrogen-bond donors (Lipinski definition) is 1. The van der Waals surface area contributed by atoms with Crippen molar-refractivity contribution in [1.82, 2.24) is 19.5 Å². The average Bonchev–Trinajstić information content (AvgIpc) is 3.14. The number of aromatic nitrogens is 3. The molecule has 2 aromatic heterocycles. The lowest BCUT2D eigenvalue weighted by atomic mass is 10.1. The zero-order chi connectivity index (χ0) is 15.6. The van der Waals surface area contributed by atoms with Crippen molar-refractivity contribution in [3.8, 4) is 11.3 Å². The van der Waals surface area contributed by atoms with Gasteiger partial charge in [-0.3, -0.25) is 9.67 Å². The van der Waals surface area contributed by atoms with Crippen LogP contribution in [0.2, 0.25) is 0 Å².